The number of rotatable bonds is 3. The monoisotopic (exact) mass is 260 g/mol. The Morgan fingerprint density at radius 3 is 2.59 bits per heavy atom. The molecule has 2 aromatic rings. The van der Waals surface area contributed by atoms with Crippen LogP contribution in [0.15, 0.2) is 23.8 Å². The van der Waals surface area contributed by atoms with Gasteiger partial charge in [0.2, 0.25) is 0 Å². The van der Waals surface area contributed by atoms with Gasteiger partial charge in [-0.05, 0) is 12.1 Å². The number of nitrogens with one attached hydrogen (secondary N) is 1. The number of nitrogens with zero attached hydrogens (tertiary/aromatic N) is 3. The van der Waals surface area contributed by atoms with Crippen molar-refractivity contribution in [3.05, 3.63) is 34.4 Å². The van der Waals surface area contributed by atoms with Crippen LogP contribution in [0, 0.1) is 0 Å². The van der Waals surface area contributed by atoms with Gasteiger partial charge in [0.1, 0.15) is 5.82 Å². The molecule has 0 aliphatic rings. The summed E-state index contributed by atoms with van der Waals surface area (Å²) in [4.78, 5) is 4.84. The Bertz CT molecular complexity index is 466. The quantitative estimate of drug-likeness (QED) is 0.921. The van der Waals surface area contributed by atoms with Gasteiger partial charge in [0.05, 0.1) is 12.1 Å². The van der Waals surface area contributed by atoms with Gasteiger partial charge >= 0.3 is 6.18 Å². The fraction of sp³-hybridized carbons (Fsp3) is 0.222. The van der Waals surface area contributed by atoms with Crippen molar-refractivity contribution < 1.29 is 13.2 Å². The number of alkyl halides is 3. The van der Waals surface area contributed by atoms with Gasteiger partial charge in [0, 0.05) is 11.1 Å². The molecule has 8 heteroatoms. The minimum atomic E-state index is -4.46. The van der Waals surface area contributed by atoms with Crippen LogP contribution in [0.2, 0.25) is 0 Å². The molecule has 1 N–H and O–H groups in total. The second kappa shape index (κ2) is 4.66. The average molecular weight is 260 g/mol. The maximum Gasteiger partial charge on any atom is 0.435 e. The van der Waals surface area contributed by atoms with E-state index in [2.05, 4.69) is 20.5 Å². The highest BCUT2D eigenvalue weighted by Gasteiger charge is 2.32. The maximum atomic E-state index is 12.2. The normalized spacial score (nSPS) is 11.5. The van der Waals surface area contributed by atoms with Crippen LogP contribution in [0.4, 0.5) is 19.0 Å². The largest absolute Gasteiger partial charge is 0.435 e. The third-order valence-electron chi connectivity index (χ3n) is 1.88. The van der Waals surface area contributed by atoms with Crippen molar-refractivity contribution >= 4 is 17.2 Å². The molecule has 0 bridgehead atoms. The second-order valence-corrected chi connectivity index (χ2v) is 4.09. The van der Waals surface area contributed by atoms with E-state index in [0.717, 1.165) is 10.9 Å². The summed E-state index contributed by atoms with van der Waals surface area (Å²) in [6.07, 6.45) is -2.78. The number of halogens is 3. The fourth-order valence-corrected chi connectivity index (χ4v) is 1.62. The van der Waals surface area contributed by atoms with E-state index in [0.29, 0.717) is 12.4 Å². The number of hydrogen-bond acceptors (Lipinski definition) is 5. The number of hydrogen-bond donors (Lipinski definition) is 1. The van der Waals surface area contributed by atoms with Gasteiger partial charge in [-0.2, -0.15) is 13.2 Å². The lowest BCUT2D eigenvalue weighted by molar-refractivity contribution is -0.141. The van der Waals surface area contributed by atoms with E-state index in [-0.39, 0.29) is 0 Å². The van der Waals surface area contributed by atoms with Crippen molar-refractivity contribution in [2.75, 3.05) is 5.32 Å². The zero-order valence-corrected chi connectivity index (χ0v) is 9.22. The van der Waals surface area contributed by atoms with Crippen LogP contribution in [0.25, 0.3) is 0 Å². The molecule has 4 nitrogen and oxygen atoms in total. The molecule has 2 heterocycles. The topological polar surface area (TPSA) is 50.7 Å². The third-order valence-corrected chi connectivity index (χ3v) is 2.66. The molecule has 0 atom stereocenters. The minimum Gasteiger partial charge on any atom is -0.364 e. The number of thiazole rings is 1. The Labute approximate surface area is 98.5 Å². The lowest BCUT2D eigenvalue weighted by Gasteiger charge is -2.06. The van der Waals surface area contributed by atoms with E-state index in [1.54, 1.807) is 11.7 Å². The Morgan fingerprint density at radius 2 is 2.06 bits per heavy atom. The molecule has 2 aromatic heterocycles. The molecule has 0 amide bonds. The summed E-state index contributed by atoms with van der Waals surface area (Å²) in [5, 5.41) is 9.40. The van der Waals surface area contributed by atoms with Gasteiger partial charge in [-0.25, -0.2) is 0 Å². The lowest BCUT2D eigenvalue weighted by atomic mass is 10.4. The summed E-state index contributed by atoms with van der Waals surface area (Å²) in [7, 11) is 0. The summed E-state index contributed by atoms with van der Waals surface area (Å²) >= 11 is 1.45. The van der Waals surface area contributed by atoms with Gasteiger partial charge in [-0.15, -0.1) is 21.5 Å². The van der Waals surface area contributed by atoms with E-state index in [4.69, 9.17) is 0 Å². The van der Waals surface area contributed by atoms with Crippen LogP contribution in [-0.4, -0.2) is 15.2 Å². The van der Waals surface area contributed by atoms with Gasteiger partial charge in [0.25, 0.3) is 0 Å². The average Bonchev–Trinajstić information content (AvgIpc) is 2.78. The summed E-state index contributed by atoms with van der Waals surface area (Å²) in [6, 6.07) is 2.14. The zero-order chi connectivity index (χ0) is 12.3. The molecule has 0 aromatic carbocycles. The molecule has 90 valence electrons. The smallest absolute Gasteiger partial charge is 0.364 e. The molecule has 0 fully saturated rings. The second-order valence-electron chi connectivity index (χ2n) is 3.12. The van der Waals surface area contributed by atoms with Crippen LogP contribution in [0.5, 0.6) is 0 Å². The molecule has 0 saturated heterocycles. The first-order valence-electron chi connectivity index (χ1n) is 4.58. The highest BCUT2D eigenvalue weighted by atomic mass is 32.1. The van der Waals surface area contributed by atoms with Gasteiger partial charge in [-0.3, -0.25) is 4.98 Å². The summed E-state index contributed by atoms with van der Waals surface area (Å²) < 4.78 is 36.6. The van der Waals surface area contributed by atoms with Crippen molar-refractivity contribution in [1.29, 1.82) is 0 Å². The van der Waals surface area contributed by atoms with Crippen molar-refractivity contribution in [2.45, 2.75) is 12.7 Å². The van der Waals surface area contributed by atoms with E-state index < -0.39 is 11.9 Å². The zero-order valence-electron chi connectivity index (χ0n) is 8.40. The predicted octanol–water partition coefficient (Wildman–Crippen LogP) is 2.56. The highest BCUT2D eigenvalue weighted by Crippen LogP contribution is 2.27. The molecule has 17 heavy (non-hydrogen) atoms. The number of anilines is 1. The van der Waals surface area contributed by atoms with Gasteiger partial charge in [-0.1, -0.05) is 0 Å². The van der Waals surface area contributed by atoms with Crippen LogP contribution in [0.3, 0.4) is 0 Å². The molecular weight excluding hydrogens is 253 g/mol. The van der Waals surface area contributed by atoms with Crippen LogP contribution in [-0.2, 0) is 12.7 Å². The minimum absolute atomic E-state index is 0.298. The lowest BCUT2D eigenvalue weighted by Crippen LogP contribution is -2.10. The van der Waals surface area contributed by atoms with E-state index in [1.807, 2.05) is 0 Å². The summed E-state index contributed by atoms with van der Waals surface area (Å²) in [6.45, 7) is 0.463. The molecule has 2 rings (SSSR count). The SMILES string of the molecule is FC(F)(F)c1ccc(NCc2cncs2)nn1. The first-order chi connectivity index (χ1) is 8.05. The molecular formula is C9H7F3N4S. The van der Waals surface area contributed by atoms with Crippen molar-refractivity contribution in [1.82, 2.24) is 15.2 Å². The molecule has 0 saturated carbocycles. The Hall–Kier alpha value is -1.70. The summed E-state index contributed by atoms with van der Waals surface area (Å²) in [5.74, 6) is 0.298. The van der Waals surface area contributed by atoms with Crippen LogP contribution < -0.4 is 5.32 Å². The van der Waals surface area contributed by atoms with E-state index in [1.165, 1.54) is 17.4 Å². The highest BCUT2D eigenvalue weighted by molar-refractivity contribution is 7.09. The number of aromatic nitrogens is 3. The molecule has 0 spiro atoms. The molecule has 0 radical (unpaired) electrons. The standard InChI is InChI=1S/C9H7F3N4S/c10-9(11,12)7-1-2-8(16-15-7)14-4-6-3-13-5-17-6/h1-3,5H,4H2,(H,14,16). The van der Waals surface area contributed by atoms with Gasteiger partial charge < -0.3 is 5.32 Å². The molecule has 0 unspecified atom stereocenters. The van der Waals surface area contributed by atoms with E-state index in [9.17, 15) is 13.2 Å². The fourth-order valence-electron chi connectivity index (χ4n) is 1.08. The first kappa shape index (κ1) is 11.8. The van der Waals surface area contributed by atoms with Gasteiger partial charge in [0.15, 0.2) is 5.69 Å². The Morgan fingerprint density at radius 1 is 1.24 bits per heavy atom. The van der Waals surface area contributed by atoms with Crippen LogP contribution in [0.1, 0.15) is 10.6 Å². The van der Waals surface area contributed by atoms with Crippen molar-refractivity contribution in [3.63, 3.8) is 0 Å². The van der Waals surface area contributed by atoms with E-state index >= 15 is 0 Å². The van der Waals surface area contributed by atoms with Crippen molar-refractivity contribution in [2.24, 2.45) is 0 Å². The third kappa shape index (κ3) is 3.13. The van der Waals surface area contributed by atoms with Crippen molar-refractivity contribution in [3.8, 4) is 0 Å². The molecule has 0 aliphatic heterocycles. The Kier molecular flexibility index (Phi) is 3.23. The summed E-state index contributed by atoms with van der Waals surface area (Å²) in [5.41, 5.74) is 0.677. The van der Waals surface area contributed by atoms with Crippen LogP contribution >= 0.6 is 11.3 Å². The Balaban J connectivity index is 1.99. The molecule has 0 aliphatic carbocycles. The predicted molar refractivity (Wildman–Crippen MR) is 56.5 cm³/mol. The maximum absolute atomic E-state index is 12.2. The first-order valence-corrected chi connectivity index (χ1v) is 5.46.